The fourth-order valence-electron chi connectivity index (χ4n) is 0.780. The summed E-state index contributed by atoms with van der Waals surface area (Å²) >= 11 is 0. The molecule has 0 radical (unpaired) electrons. The molecule has 0 atom stereocenters. The highest BCUT2D eigenvalue weighted by atomic mass is 13.9. The van der Waals surface area contributed by atoms with Crippen LogP contribution in [0, 0.1) is 0 Å². The minimum absolute atomic E-state index is 1.02. The second-order valence-electron chi connectivity index (χ2n) is 3.04. The van der Waals surface area contributed by atoms with E-state index in [1.807, 2.05) is 6.08 Å². The molecule has 0 unspecified atom stereocenters. The lowest BCUT2D eigenvalue weighted by atomic mass is 10.1. The van der Waals surface area contributed by atoms with Gasteiger partial charge in [0.2, 0.25) is 0 Å². The molecule has 0 bridgehead atoms. The number of allylic oxidation sites excluding steroid dienone is 4. The fourth-order valence-corrected chi connectivity index (χ4v) is 0.780. The van der Waals surface area contributed by atoms with Crippen molar-refractivity contribution in [2.45, 2.75) is 33.1 Å². The highest BCUT2D eigenvalue weighted by Gasteiger charge is 1.87. The summed E-state index contributed by atoms with van der Waals surface area (Å²) in [6, 6.07) is 0. The molecule has 0 aromatic rings. The maximum absolute atomic E-state index is 3.84. The molecule has 0 saturated heterocycles. The molecule has 0 N–H and O–H groups in total. The van der Waals surface area contributed by atoms with E-state index in [2.05, 4.69) is 33.1 Å². The van der Waals surface area contributed by atoms with Crippen molar-refractivity contribution < 1.29 is 0 Å². The Kier molecular flexibility index (Phi) is 5.54. The Bertz CT molecular complexity index is 161. The molecule has 11 heavy (non-hydrogen) atoms. The Morgan fingerprint density at radius 1 is 1.36 bits per heavy atom. The summed E-state index contributed by atoms with van der Waals surface area (Å²) in [6.45, 7) is 11.7. The second-order valence-corrected chi connectivity index (χ2v) is 3.04. The van der Waals surface area contributed by atoms with Crippen LogP contribution in [0.4, 0.5) is 0 Å². The topological polar surface area (TPSA) is 0 Å². The molecule has 0 fully saturated rings. The Hall–Kier alpha value is -0.780. The number of hydrogen-bond acceptors (Lipinski definition) is 0. The molecule has 0 nitrogen and oxygen atoms in total. The van der Waals surface area contributed by atoms with E-state index >= 15 is 0 Å². The van der Waals surface area contributed by atoms with E-state index in [4.69, 9.17) is 0 Å². The zero-order valence-corrected chi connectivity index (χ0v) is 7.69. The van der Waals surface area contributed by atoms with Crippen LogP contribution in [0.2, 0.25) is 0 Å². The van der Waals surface area contributed by atoms with Gasteiger partial charge in [0, 0.05) is 0 Å². The molecule has 0 aliphatic heterocycles. The minimum atomic E-state index is 1.02. The van der Waals surface area contributed by atoms with Crippen molar-refractivity contribution in [2.24, 2.45) is 0 Å². The zero-order valence-electron chi connectivity index (χ0n) is 7.69. The van der Waals surface area contributed by atoms with Crippen molar-refractivity contribution in [3.63, 3.8) is 0 Å². The van der Waals surface area contributed by atoms with Gasteiger partial charge in [0.1, 0.15) is 0 Å². The third-order valence-electron chi connectivity index (χ3n) is 1.54. The first kappa shape index (κ1) is 10.2. The van der Waals surface area contributed by atoms with Crippen LogP contribution >= 0.6 is 0 Å². The molecule has 0 aromatic heterocycles. The van der Waals surface area contributed by atoms with E-state index in [1.54, 1.807) is 0 Å². The molecule has 0 amide bonds. The summed E-state index contributed by atoms with van der Waals surface area (Å²) in [5.74, 6) is 0. The maximum atomic E-state index is 3.84. The molecule has 62 valence electrons. The zero-order chi connectivity index (χ0) is 8.69. The van der Waals surface area contributed by atoms with Gasteiger partial charge < -0.3 is 0 Å². The molecule has 0 aliphatic rings. The summed E-state index contributed by atoms with van der Waals surface area (Å²) in [4.78, 5) is 0. The van der Waals surface area contributed by atoms with E-state index in [9.17, 15) is 0 Å². The van der Waals surface area contributed by atoms with Crippen LogP contribution < -0.4 is 0 Å². The summed E-state index contributed by atoms with van der Waals surface area (Å²) < 4.78 is 0. The third-order valence-corrected chi connectivity index (χ3v) is 1.54. The average Bonchev–Trinajstić information content (AvgIpc) is 1.97. The lowest BCUT2D eigenvalue weighted by Gasteiger charge is -1.97. The summed E-state index contributed by atoms with van der Waals surface area (Å²) in [5.41, 5.74) is 2.66. The van der Waals surface area contributed by atoms with Crippen molar-refractivity contribution >= 4 is 0 Å². The monoisotopic (exact) mass is 150 g/mol. The lowest BCUT2D eigenvalue weighted by molar-refractivity contribution is 0.966. The first-order valence-electron chi connectivity index (χ1n) is 4.07. The van der Waals surface area contributed by atoms with Crippen LogP contribution in [0.15, 0.2) is 36.5 Å². The van der Waals surface area contributed by atoms with E-state index in [0.29, 0.717) is 0 Å². The Morgan fingerprint density at radius 3 is 2.45 bits per heavy atom. The predicted molar refractivity (Wildman–Crippen MR) is 52.6 cm³/mol. The highest BCUT2D eigenvalue weighted by Crippen LogP contribution is 2.07. The van der Waals surface area contributed by atoms with Gasteiger partial charge in [-0.1, -0.05) is 29.9 Å². The van der Waals surface area contributed by atoms with Gasteiger partial charge in [0.05, 0.1) is 0 Å². The van der Waals surface area contributed by atoms with E-state index in [1.165, 1.54) is 11.1 Å². The quantitative estimate of drug-likeness (QED) is 0.522. The van der Waals surface area contributed by atoms with Crippen molar-refractivity contribution in [3.8, 4) is 0 Å². The largest absolute Gasteiger partial charge is 0.103 e. The molecule has 0 rings (SSSR count). The van der Waals surface area contributed by atoms with Crippen LogP contribution in [0.3, 0.4) is 0 Å². The van der Waals surface area contributed by atoms with Crippen LogP contribution in [0.1, 0.15) is 33.1 Å². The SMILES string of the molecule is C=CCC/C(C)=C/CC(=C)C. The standard InChI is InChI=1S/C11H18/c1-5-6-7-11(4)9-8-10(2)3/h5,9H,1-2,6-8H2,3-4H3/b11-9+. The highest BCUT2D eigenvalue weighted by molar-refractivity contribution is 5.06. The second kappa shape index (κ2) is 5.96. The Labute approximate surface area is 70.3 Å². The van der Waals surface area contributed by atoms with Crippen molar-refractivity contribution in [3.05, 3.63) is 36.5 Å². The summed E-state index contributed by atoms with van der Waals surface area (Å²) in [6.07, 6.45) is 7.43. The van der Waals surface area contributed by atoms with E-state index < -0.39 is 0 Å². The van der Waals surface area contributed by atoms with Crippen molar-refractivity contribution in [1.82, 2.24) is 0 Å². The average molecular weight is 150 g/mol. The Balaban J connectivity index is 3.62. The van der Waals surface area contributed by atoms with Gasteiger partial charge in [-0.15, -0.1) is 6.58 Å². The molecule has 0 aromatic carbocycles. The van der Waals surface area contributed by atoms with Crippen LogP contribution in [-0.2, 0) is 0 Å². The fraction of sp³-hybridized carbons (Fsp3) is 0.455. The Morgan fingerprint density at radius 2 is 2.00 bits per heavy atom. The molecular formula is C11H18. The van der Waals surface area contributed by atoms with Crippen LogP contribution in [0.25, 0.3) is 0 Å². The normalized spacial score (nSPS) is 11.3. The summed E-state index contributed by atoms with van der Waals surface area (Å²) in [7, 11) is 0. The van der Waals surface area contributed by atoms with Gasteiger partial charge in [0.25, 0.3) is 0 Å². The van der Waals surface area contributed by atoms with Crippen LogP contribution in [-0.4, -0.2) is 0 Å². The van der Waals surface area contributed by atoms with Gasteiger partial charge in [-0.2, -0.15) is 0 Å². The van der Waals surface area contributed by atoms with E-state index in [0.717, 1.165) is 19.3 Å². The van der Waals surface area contributed by atoms with Gasteiger partial charge in [-0.25, -0.2) is 0 Å². The minimum Gasteiger partial charge on any atom is -0.103 e. The molecule has 0 spiro atoms. The molecule has 0 heterocycles. The molecule has 0 aliphatic carbocycles. The van der Waals surface area contributed by atoms with E-state index in [-0.39, 0.29) is 0 Å². The maximum Gasteiger partial charge on any atom is -0.0142 e. The lowest BCUT2D eigenvalue weighted by Crippen LogP contribution is -1.77. The van der Waals surface area contributed by atoms with Gasteiger partial charge in [0.15, 0.2) is 0 Å². The number of rotatable bonds is 5. The van der Waals surface area contributed by atoms with Gasteiger partial charge in [-0.3, -0.25) is 0 Å². The molecule has 0 saturated carbocycles. The summed E-state index contributed by atoms with van der Waals surface area (Å²) in [5, 5.41) is 0. The molecule has 0 heteroatoms. The smallest absolute Gasteiger partial charge is 0.0142 e. The predicted octanol–water partition coefficient (Wildman–Crippen LogP) is 3.87. The van der Waals surface area contributed by atoms with Gasteiger partial charge >= 0.3 is 0 Å². The van der Waals surface area contributed by atoms with Crippen molar-refractivity contribution in [1.29, 1.82) is 0 Å². The van der Waals surface area contributed by atoms with Crippen LogP contribution in [0.5, 0.6) is 0 Å². The first-order chi connectivity index (χ1) is 5.16. The third kappa shape index (κ3) is 7.11. The van der Waals surface area contributed by atoms with Crippen molar-refractivity contribution in [2.75, 3.05) is 0 Å². The first-order valence-corrected chi connectivity index (χ1v) is 4.07. The molecular weight excluding hydrogens is 132 g/mol. The number of hydrogen-bond donors (Lipinski definition) is 0. The van der Waals surface area contributed by atoms with Gasteiger partial charge in [-0.05, 0) is 33.1 Å².